The van der Waals surface area contributed by atoms with E-state index in [1.807, 2.05) is 23.9 Å². The molecule has 0 radical (unpaired) electrons. The minimum Gasteiger partial charge on any atom is -0.493 e. The van der Waals surface area contributed by atoms with Crippen molar-refractivity contribution in [1.29, 1.82) is 0 Å². The fourth-order valence-corrected chi connectivity index (χ4v) is 2.48. The Kier molecular flexibility index (Phi) is 8.38. The molecular weight excluding hydrogens is 286 g/mol. The summed E-state index contributed by atoms with van der Waals surface area (Å²) in [4.78, 5) is 0. The van der Waals surface area contributed by atoms with Gasteiger partial charge in [0.05, 0.1) is 20.8 Å². The fourth-order valence-electron chi connectivity index (χ4n) is 1.99. The van der Waals surface area contributed by atoms with Crippen molar-refractivity contribution >= 4 is 11.8 Å². The molecule has 0 amide bonds. The lowest BCUT2D eigenvalue weighted by Crippen LogP contribution is -2.21. The molecule has 0 saturated carbocycles. The maximum Gasteiger partial charge on any atom is 0.203 e. The van der Waals surface area contributed by atoms with E-state index < -0.39 is 0 Å². The minimum atomic E-state index is 0.145. The van der Waals surface area contributed by atoms with Crippen LogP contribution in [-0.4, -0.2) is 38.4 Å². The summed E-state index contributed by atoms with van der Waals surface area (Å²) in [6.07, 6.45) is 1.74. The van der Waals surface area contributed by atoms with Crippen molar-refractivity contribution in [3.63, 3.8) is 0 Å². The van der Waals surface area contributed by atoms with E-state index in [9.17, 15) is 0 Å². The zero-order chi connectivity index (χ0) is 15.7. The van der Waals surface area contributed by atoms with Crippen LogP contribution < -0.4 is 19.9 Å². The van der Waals surface area contributed by atoms with E-state index in [1.165, 1.54) is 0 Å². The molecule has 4 nitrogen and oxygen atoms in total. The first-order valence-corrected chi connectivity index (χ1v) is 8.52. The van der Waals surface area contributed by atoms with Crippen LogP contribution in [0.15, 0.2) is 12.1 Å². The largest absolute Gasteiger partial charge is 0.493 e. The Bertz CT molecular complexity index is 401. The predicted octanol–water partition coefficient (Wildman–Crippen LogP) is 3.12. The number of thioether (sulfide) groups is 1. The summed E-state index contributed by atoms with van der Waals surface area (Å²) in [6.45, 7) is 4.86. The van der Waals surface area contributed by atoms with Crippen LogP contribution in [0.3, 0.4) is 0 Å². The van der Waals surface area contributed by atoms with Crippen LogP contribution in [0.4, 0.5) is 0 Å². The van der Waals surface area contributed by atoms with E-state index in [4.69, 9.17) is 19.9 Å². The first-order valence-electron chi connectivity index (χ1n) is 7.37. The predicted molar refractivity (Wildman–Crippen MR) is 90.0 cm³/mol. The summed E-state index contributed by atoms with van der Waals surface area (Å²) in [7, 11) is 3.29. The molecule has 5 heteroatoms. The minimum absolute atomic E-state index is 0.145. The molecule has 0 aliphatic rings. The maximum absolute atomic E-state index is 6.02. The molecule has 1 atom stereocenters. The van der Waals surface area contributed by atoms with Gasteiger partial charge in [-0.2, -0.15) is 11.8 Å². The van der Waals surface area contributed by atoms with E-state index in [2.05, 4.69) is 13.8 Å². The van der Waals surface area contributed by atoms with Crippen LogP contribution in [0, 0.1) is 0 Å². The van der Waals surface area contributed by atoms with E-state index in [0.29, 0.717) is 23.9 Å². The number of hydrogen-bond donors (Lipinski definition) is 1. The van der Waals surface area contributed by atoms with Crippen LogP contribution in [0.1, 0.15) is 25.8 Å². The molecule has 0 saturated heterocycles. The zero-order valence-corrected chi connectivity index (χ0v) is 14.3. The molecule has 1 rings (SSSR count). The standard InChI is InChI=1S/C16H27NO3S/c1-5-13(17)9-12-10-14(18-3)16(15(11-12)19-4)20-7-8-21-6-2/h10-11,13H,5-9,17H2,1-4H3. The van der Waals surface area contributed by atoms with Gasteiger partial charge in [0.1, 0.15) is 0 Å². The Labute approximate surface area is 132 Å². The van der Waals surface area contributed by atoms with Crippen LogP contribution in [-0.2, 0) is 6.42 Å². The van der Waals surface area contributed by atoms with Crippen LogP contribution in [0.2, 0.25) is 0 Å². The highest BCUT2D eigenvalue weighted by Gasteiger charge is 2.15. The van der Waals surface area contributed by atoms with Gasteiger partial charge in [-0.3, -0.25) is 0 Å². The van der Waals surface area contributed by atoms with Gasteiger partial charge in [-0.05, 0) is 36.3 Å². The summed E-state index contributed by atoms with van der Waals surface area (Å²) in [5, 5.41) is 0. The van der Waals surface area contributed by atoms with Gasteiger partial charge in [-0.25, -0.2) is 0 Å². The van der Waals surface area contributed by atoms with Crippen molar-refractivity contribution in [2.45, 2.75) is 32.7 Å². The molecule has 1 unspecified atom stereocenters. The van der Waals surface area contributed by atoms with E-state index in [0.717, 1.165) is 29.9 Å². The SMILES string of the molecule is CCSCCOc1c(OC)cc(CC(N)CC)cc1OC. The van der Waals surface area contributed by atoms with Gasteiger partial charge in [0.2, 0.25) is 5.75 Å². The monoisotopic (exact) mass is 313 g/mol. The van der Waals surface area contributed by atoms with Gasteiger partial charge in [0.15, 0.2) is 11.5 Å². The highest BCUT2D eigenvalue weighted by Crippen LogP contribution is 2.39. The smallest absolute Gasteiger partial charge is 0.203 e. The average Bonchev–Trinajstić information content (AvgIpc) is 2.51. The van der Waals surface area contributed by atoms with Crippen molar-refractivity contribution in [2.75, 3.05) is 32.3 Å². The van der Waals surface area contributed by atoms with Crippen molar-refractivity contribution in [2.24, 2.45) is 5.73 Å². The lowest BCUT2D eigenvalue weighted by Gasteiger charge is -2.17. The van der Waals surface area contributed by atoms with E-state index in [1.54, 1.807) is 14.2 Å². The second-order valence-electron chi connectivity index (χ2n) is 4.75. The molecule has 0 bridgehead atoms. The number of ether oxygens (including phenoxy) is 3. The first-order chi connectivity index (χ1) is 10.2. The third kappa shape index (κ3) is 5.67. The number of benzene rings is 1. The number of rotatable bonds is 10. The second kappa shape index (κ2) is 9.79. The molecule has 1 aromatic carbocycles. The van der Waals surface area contributed by atoms with Gasteiger partial charge in [-0.1, -0.05) is 13.8 Å². The number of nitrogens with two attached hydrogens (primary N) is 1. The fraction of sp³-hybridized carbons (Fsp3) is 0.625. The maximum atomic E-state index is 6.02. The molecule has 21 heavy (non-hydrogen) atoms. The summed E-state index contributed by atoms with van der Waals surface area (Å²) < 4.78 is 16.7. The Morgan fingerprint density at radius 3 is 2.24 bits per heavy atom. The van der Waals surface area contributed by atoms with E-state index >= 15 is 0 Å². The summed E-state index contributed by atoms with van der Waals surface area (Å²) in [5.74, 6) is 4.12. The molecule has 2 N–H and O–H groups in total. The Balaban J connectivity index is 2.90. The Morgan fingerprint density at radius 2 is 1.76 bits per heavy atom. The lowest BCUT2D eigenvalue weighted by atomic mass is 10.0. The zero-order valence-electron chi connectivity index (χ0n) is 13.5. The molecule has 0 aliphatic heterocycles. The summed E-state index contributed by atoms with van der Waals surface area (Å²) >= 11 is 1.85. The molecule has 0 heterocycles. The molecule has 0 aliphatic carbocycles. The number of hydrogen-bond acceptors (Lipinski definition) is 5. The molecule has 0 aromatic heterocycles. The van der Waals surface area contributed by atoms with E-state index in [-0.39, 0.29) is 6.04 Å². The molecular formula is C16H27NO3S. The number of methoxy groups -OCH3 is 2. The lowest BCUT2D eigenvalue weighted by molar-refractivity contribution is 0.290. The molecule has 0 spiro atoms. The first kappa shape index (κ1) is 18.0. The van der Waals surface area contributed by atoms with Crippen molar-refractivity contribution in [3.8, 4) is 17.2 Å². The van der Waals surface area contributed by atoms with Crippen LogP contribution in [0.5, 0.6) is 17.2 Å². The average molecular weight is 313 g/mol. The highest BCUT2D eigenvalue weighted by atomic mass is 32.2. The molecule has 0 fully saturated rings. The molecule has 1 aromatic rings. The normalized spacial score (nSPS) is 12.0. The second-order valence-corrected chi connectivity index (χ2v) is 6.14. The topological polar surface area (TPSA) is 53.7 Å². The van der Waals surface area contributed by atoms with Crippen LogP contribution >= 0.6 is 11.8 Å². The quantitative estimate of drug-likeness (QED) is 0.673. The molecule has 120 valence electrons. The van der Waals surface area contributed by atoms with Gasteiger partial charge in [0.25, 0.3) is 0 Å². The summed E-state index contributed by atoms with van der Waals surface area (Å²) in [5.41, 5.74) is 7.13. The van der Waals surface area contributed by atoms with Gasteiger partial charge in [0, 0.05) is 11.8 Å². The highest BCUT2D eigenvalue weighted by molar-refractivity contribution is 7.99. The summed E-state index contributed by atoms with van der Waals surface area (Å²) in [6, 6.07) is 4.12. The van der Waals surface area contributed by atoms with Crippen molar-refractivity contribution in [1.82, 2.24) is 0 Å². The van der Waals surface area contributed by atoms with Crippen LogP contribution in [0.25, 0.3) is 0 Å². The Hall–Kier alpha value is -1.07. The third-order valence-corrected chi connectivity index (χ3v) is 4.08. The van der Waals surface area contributed by atoms with Gasteiger partial charge >= 0.3 is 0 Å². The van der Waals surface area contributed by atoms with Gasteiger partial charge in [-0.15, -0.1) is 0 Å². The Morgan fingerprint density at radius 1 is 1.14 bits per heavy atom. The third-order valence-electron chi connectivity index (χ3n) is 3.22. The van der Waals surface area contributed by atoms with Gasteiger partial charge < -0.3 is 19.9 Å². The van der Waals surface area contributed by atoms with Crippen molar-refractivity contribution in [3.05, 3.63) is 17.7 Å². The van der Waals surface area contributed by atoms with Crippen molar-refractivity contribution < 1.29 is 14.2 Å².